The van der Waals surface area contributed by atoms with Crippen LogP contribution in [0.4, 0.5) is 16.5 Å². The molecular weight excluding hydrogens is 392 g/mol. The molecule has 28 heavy (non-hydrogen) atoms. The summed E-state index contributed by atoms with van der Waals surface area (Å²) >= 11 is 2.74. The summed E-state index contributed by atoms with van der Waals surface area (Å²) < 4.78 is 0.717. The molecule has 2 aromatic carbocycles. The summed E-state index contributed by atoms with van der Waals surface area (Å²) in [6, 6.07) is 12.9. The molecule has 0 bridgehead atoms. The number of anilines is 3. The van der Waals surface area contributed by atoms with E-state index in [2.05, 4.69) is 40.7 Å². The summed E-state index contributed by atoms with van der Waals surface area (Å²) in [5, 5.41) is 15.0. The molecule has 0 saturated carbocycles. The van der Waals surface area contributed by atoms with E-state index in [1.807, 2.05) is 12.1 Å². The Morgan fingerprint density at radius 2 is 1.82 bits per heavy atom. The number of amides is 1. The number of nitrogens with zero attached hydrogens (tertiary/aromatic N) is 2. The average molecular weight is 413 g/mol. The molecule has 1 heterocycles. The van der Waals surface area contributed by atoms with E-state index in [0.29, 0.717) is 16.4 Å². The lowest BCUT2D eigenvalue weighted by molar-refractivity contribution is -0.113. The predicted molar refractivity (Wildman–Crippen MR) is 115 cm³/mol. The first-order valence-corrected chi connectivity index (χ1v) is 10.4. The van der Waals surface area contributed by atoms with Gasteiger partial charge in [-0.3, -0.25) is 9.59 Å². The number of hydrogen-bond donors (Lipinski definition) is 2. The van der Waals surface area contributed by atoms with Gasteiger partial charge >= 0.3 is 0 Å². The van der Waals surface area contributed by atoms with Crippen molar-refractivity contribution in [1.29, 1.82) is 0 Å². The summed E-state index contributed by atoms with van der Waals surface area (Å²) in [7, 11) is 0. The predicted octanol–water partition coefficient (Wildman–Crippen LogP) is 4.83. The lowest BCUT2D eigenvalue weighted by Crippen LogP contribution is -2.14. The molecule has 0 aliphatic rings. The van der Waals surface area contributed by atoms with E-state index < -0.39 is 0 Å². The van der Waals surface area contributed by atoms with Gasteiger partial charge in [0.15, 0.2) is 10.1 Å². The molecule has 8 heteroatoms. The van der Waals surface area contributed by atoms with Crippen LogP contribution in [0, 0.1) is 13.8 Å². The normalized spacial score (nSPS) is 10.5. The first-order valence-electron chi connectivity index (χ1n) is 8.63. The fourth-order valence-electron chi connectivity index (χ4n) is 2.43. The number of Topliss-reactive ketones (excluding diaryl/α,β-unsaturated/α-hetero) is 1. The van der Waals surface area contributed by atoms with Crippen LogP contribution in [0.15, 0.2) is 46.8 Å². The highest BCUT2D eigenvalue weighted by Crippen LogP contribution is 2.29. The van der Waals surface area contributed by atoms with Gasteiger partial charge in [-0.05, 0) is 62.2 Å². The minimum absolute atomic E-state index is 0.00466. The molecule has 2 N–H and O–H groups in total. The SMILES string of the molecule is CC(=O)c1ccc(NC(=O)CSc2nnc(Nc3cccc(C)c3C)s2)cc1. The van der Waals surface area contributed by atoms with Crippen molar-refractivity contribution in [2.24, 2.45) is 0 Å². The second kappa shape index (κ2) is 8.99. The topological polar surface area (TPSA) is 84.0 Å². The molecule has 0 aliphatic heterocycles. The zero-order valence-electron chi connectivity index (χ0n) is 15.8. The van der Waals surface area contributed by atoms with Crippen molar-refractivity contribution in [2.45, 2.75) is 25.1 Å². The number of thioether (sulfide) groups is 1. The summed E-state index contributed by atoms with van der Waals surface area (Å²) in [5.41, 5.74) is 4.65. The maximum absolute atomic E-state index is 12.1. The zero-order chi connectivity index (χ0) is 20.1. The molecule has 0 aliphatic carbocycles. The van der Waals surface area contributed by atoms with Crippen LogP contribution in [0.1, 0.15) is 28.4 Å². The Morgan fingerprint density at radius 1 is 1.07 bits per heavy atom. The van der Waals surface area contributed by atoms with Gasteiger partial charge in [0.05, 0.1) is 5.75 Å². The second-order valence-corrected chi connectivity index (χ2v) is 8.42. The van der Waals surface area contributed by atoms with Crippen molar-refractivity contribution in [1.82, 2.24) is 10.2 Å². The molecule has 0 spiro atoms. The number of benzene rings is 2. The Hall–Kier alpha value is -2.71. The number of carbonyl (C=O) groups is 2. The lowest BCUT2D eigenvalue weighted by atomic mass is 10.1. The Labute approximate surface area is 171 Å². The van der Waals surface area contributed by atoms with Gasteiger partial charge < -0.3 is 10.6 Å². The van der Waals surface area contributed by atoms with Crippen LogP contribution < -0.4 is 10.6 Å². The largest absolute Gasteiger partial charge is 0.330 e. The van der Waals surface area contributed by atoms with E-state index in [0.717, 1.165) is 10.0 Å². The Bertz CT molecular complexity index is 1000. The minimum Gasteiger partial charge on any atom is -0.330 e. The molecule has 1 amide bonds. The smallest absolute Gasteiger partial charge is 0.234 e. The van der Waals surface area contributed by atoms with Crippen LogP contribution in [0.2, 0.25) is 0 Å². The van der Waals surface area contributed by atoms with Gasteiger partial charge in [0.25, 0.3) is 0 Å². The van der Waals surface area contributed by atoms with Gasteiger partial charge in [0.1, 0.15) is 0 Å². The summed E-state index contributed by atoms with van der Waals surface area (Å²) in [6.45, 7) is 5.63. The third-order valence-corrected chi connectivity index (χ3v) is 6.13. The average Bonchev–Trinajstić information content (AvgIpc) is 3.12. The minimum atomic E-state index is -0.139. The highest BCUT2D eigenvalue weighted by atomic mass is 32.2. The van der Waals surface area contributed by atoms with Crippen molar-refractivity contribution in [2.75, 3.05) is 16.4 Å². The van der Waals surface area contributed by atoms with Crippen molar-refractivity contribution in [3.63, 3.8) is 0 Å². The van der Waals surface area contributed by atoms with E-state index in [1.165, 1.54) is 41.1 Å². The molecule has 0 unspecified atom stereocenters. The molecule has 0 fully saturated rings. The third-order valence-electron chi connectivity index (χ3n) is 4.15. The number of aryl methyl sites for hydroxylation is 1. The van der Waals surface area contributed by atoms with E-state index in [-0.39, 0.29) is 17.4 Å². The number of carbonyl (C=O) groups excluding carboxylic acids is 2. The van der Waals surface area contributed by atoms with Crippen LogP contribution in [-0.4, -0.2) is 27.6 Å². The first-order chi connectivity index (χ1) is 13.4. The Morgan fingerprint density at radius 3 is 2.54 bits per heavy atom. The van der Waals surface area contributed by atoms with Crippen LogP contribution in [-0.2, 0) is 4.79 Å². The van der Waals surface area contributed by atoms with Gasteiger partial charge in [-0.25, -0.2) is 0 Å². The summed E-state index contributed by atoms with van der Waals surface area (Å²) in [5.74, 6) is 0.0850. The number of rotatable bonds is 7. The number of aromatic nitrogens is 2. The second-order valence-electron chi connectivity index (χ2n) is 6.22. The first kappa shape index (κ1) is 20.0. The van der Waals surface area contributed by atoms with Crippen LogP contribution in [0.5, 0.6) is 0 Å². The van der Waals surface area contributed by atoms with Crippen LogP contribution in [0.25, 0.3) is 0 Å². The molecule has 1 aromatic heterocycles. The highest BCUT2D eigenvalue weighted by molar-refractivity contribution is 8.01. The van der Waals surface area contributed by atoms with Crippen molar-refractivity contribution < 1.29 is 9.59 Å². The summed E-state index contributed by atoms with van der Waals surface area (Å²) in [6.07, 6.45) is 0. The molecule has 0 saturated heterocycles. The molecule has 6 nitrogen and oxygen atoms in total. The van der Waals surface area contributed by atoms with E-state index >= 15 is 0 Å². The van der Waals surface area contributed by atoms with E-state index in [9.17, 15) is 9.59 Å². The summed E-state index contributed by atoms with van der Waals surface area (Å²) in [4.78, 5) is 23.4. The lowest BCUT2D eigenvalue weighted by Gasteiger charge is -2.08. The van der Waals surface area contributed by atoms with Crippen molar-refractivity contribution in [3.8, 4) is 0 Å². The van der Waals surface area contributed by atoms with Gasteiger partial charge in [-0.15, -0.1) is 10.2 Å². The number of nitrogens with one attached hydrogen (secondary N) is 2. The maximum Gasteiger partial charge on any atom is 0.234 e. The number of hydrogen-bond acceptors (Lipinski definition) is 7. The molecule has 3 rings (SSSR count). The van der Waals surface area contributed by atoms with Crippen LogP contribution >= 0.6 is 23.1 Å². The maximum atomic E-state index is 12.1. The Balaban J connectivity index is 1.53. The standard InChI is InChI=1S/C20H20N4O2S2/c1-12-5-4-6-17(13(12)2)22-19-23-24-20(28-19)27-11-18(26)21-16-9-7-15(8-10-16)14(3)25/h4-10H,11H2,1-3H3,(H,21,26)(H,22,23). The van der Waals surface area contributed by atoms with Crippen molar-refractivity contribution in [3.05, 3.63) is 59.2 Å². The van der Waals surface area contributed by atoms with E-state index in [1.54, 1.807) is 24.3 Å². The fourth-order valence-corrected chi connectivity index (χ4v) is 4.00. The molecule has 0 radical (unpaired) electrons. The van der Waals surface area contributed by atoms with Gasteiger partial charge in [-0.1, -0.05) is 35.2 Å². The van der Waals surface area contributed by atoms with E-state index in [4.69, 9.17) is 0 Å². The van der Waals surface area contributed by atoms with Crippen molar-refractivity contribution >= 4 is 51.3 Å². The molecule has 0 atom stereocenters. The van der Waals surface area contributed by atoms with Crippen LogP contribution in [0.3, 0.4) is 0 Å². The Kier molecular flexibility index (Phi) is 6.43. The molecule has 3 aromatic rings. The highest BCUT2D eigenvalue weighted by Gasteiger charge is 2.10. The van der Waals surface area contributed by atoms with Gasteiger partial charge in [0, 0.05) is 16.9 Å². The third kappa shape index (κ3) is 5.17. The zero-order valence-corrected chi connectivity index (χ0v) is 17.4. The number of ketones is 1. The monoisotopic (exact) mass is 412 g/mol. The quantitative estimate of drug-likeness (QED) is 0.427. The fraction of sp³-hybridized carbons (Fsp3) is 0.200. The van der Waals surface area contributed by atoms with Gasteiger partial charge in [-0.2, -0.15) is 0 Å². The molecule has 144 valence electrons. The molecular formula is C20H20N4O2S2. The van der Waals surface area contributed by atoms with Gasteiger partial charge in [0.2, 0.25) is 11.0 Å².